The summed E-state index contributed by atoms with van der Waals surface area (Å²) >= 11 is 0. The van der Waals surface area contributed by atoms with E-state index in [1.807, 2.05) is 103 Å². The van der Waals surface area contributed by atoms with Gasteiger partial charge >= 0.3 is 0 Å². The highest BCUT2D eigenvalue weighted by atomic mass is 16.3. The van der Waals surface area contributed by atoms with E-state index in [4.69, 9.17) is 19.4 Å². The number of rotatable bonds is 4. The molecule has 0 saturated heterocycles. The predicted octanol–water partition coefficient (Wildman–Crippen LogP) is 9.74. The zero-order chi connectivity index (χ0) is 30.6. The molecular formula is C40H23N5O. The molecule has 3 heterocycles. The van der Waals surface area contributed by atoms with E-state index in [0.717, 1.165) is 60.6 Å². The maximum absolute atomic E-state index is 10.0. The molecule has 0 unspecified atom stereocenters. The van der Waals surface area contributed by atoms with Crippen LogP contribution in [0.3, 0.4) is 0 Å². The topological polar surface area (TPSA) is 80.5 Å². The van der Waals surface area contributed by atoms with Crippen LogP contribution >= 0.6 is 0 Å². The first-order valence-electron chi connectivity index (χ1n) is 15.0. The van der Waals surface area contributed by atoms with Crippen LogP contribution in [0.4, 0.5) is 0 Å². The highest BCUT2D eigenvalue weighted by Gasteiger charge is 2.22. The van der Waals surface area contributed by atoms with E-state index in [9.17, 15) is 5.26 Å². The van der Waals surface area contributed by atoms with E-state index >= 15 is 0 Å². The molecule has 6 aromatic carbocycles. The largest absolute Gasteiger partial charge is 0.454 e. The second kappa shape index (κ2) is 10.3. The Hall–Kier alpha value is -6.58. The molecule has 0 saturated carbocycles. The van der Waals surface area contributed by atoms with Crippen molar-refractivity contribution in [2.75, 3.05) is 0 Å². The molecule has 9 rings (SSSR count). The van der Waals surface area contributed by atoms with E-state index in [2.05, 4.69) is 47.0 Å². The average molecular weight is 590 g/mol. The molecule has 3 aromatic heterocycles. The normalized spacial score (nSPS) is 11.5. The molecule has 0 fully saturated rings. The summed E-state index contributed by atoms with van der Waals surface area (Å²) in [7, 11) is 0. The lowest BCUT2D eigenvalue weighted by Crippen LogP contribution is -2.04. The summed E-state index contributed by atoms with van der Waals surface area (Å²) in [5, 5.41) is 14.3. The molecule has 0 N–H and O–H groups in total. The van der Waals surface area contributed by atoms with Gasteiger partial charge in [-0.15, -0.1) is 0 Å². The Morgan fingerprint density at radius 2 is 1.15 bits per heavy atom. The van der Waals surface area contributed by atoms with Crippen molar-refractivity contribution >= 4 is 43.7 Å². The molecule has 214 valence electrons. The lowest BCUT2D eigenvalue weighted by Gasteiger charge is -2.15. The first-order valence-corrected chi connectivity index (χ1v) is 15.0. The zero-order valence-electron chi connectivity index (χ0n) is 24.4. The summed E-state index contributed by atoms with van der Waals surface area (Å²) in [6, 6.07) is 48.6. The second-order valence-corrected chi connectivity index (χ2v) is 11.2. The van der Waals surface area contributed by atoms with Gasteiger partial charge in [0.05, 0.1) is 28.4 Å². The molecule has 0 aliphatic carbocycles. The number of fused-ring (bicyclic) bond motifs is 7. The Morgan fingerprint density at radius 1 is 0.543 bits per heavy atom. The van der Waals surface area contributed by atoms with Gasteiger partial charge in [-0.25, -0.2) is 15.0 Å². The molecule has 0 aliphatic heterocycles. The van der Waals surface area contributed by atoms with Gasteiger partial charge in [0.1, 0.15) is 5.58 Å². The Bertz CT molecular complexity index is 2590. The number of nitriles is 1. The SMILES string of the molecule is N#Cc1ccc(-n2c3ccccc3c3ccc4c5ccccc5oc4c32)c(-c2nc(-c3ccccc3)nc(-c3ccccc3)n2)c1. The molecule has 46 heavy (non-hydrogen) atoms. The second-order valence-electron chi connectivity index (χ2n) is 11.2. The summed E-state index contributed by atoms with van der Waals surface area (Å²) < 4.78 is 8.81. The van der Waals surface area contributed by atoms with Gasteiger partial charge in [0.15, 0.2) is 23.1 Å². The van der Waals surface area contributed by atoms with E-state index in [1.54, 1.807) is 0 Å². The fourth-order valence-corrected chi connectivity index (χ4v) is 6.39. The van der Waals surface area contributed by atoms with Gasteiger partial charge < -0.3 is 8.98 Å². The lowest BCUT2D eigenvalue weighted by atomic mass is 10.1. The van der Waals surface area contributed by atoms with Gasteiger partial charge in [-0.1, -0.05) is 103 Å². The van der Waals surface area contributed by atoms with Crippen molar-refractivity contribution in [3.63, 3.8) is 0 Å². The third-order valence-corrected chi connectivity index (χ3v) is 8.49. The molecule has 6 nitrogen and oxygen atoms in total. The molecule has 0 spiro atoms. The monoisotopic (exact) mass is 589 g/mol. The van der Waals surface area contributed by atoms with E-state index in [1.165, 1.54) is 0 Å². The minimum absolute atomic E-state index is 0.475. The van der Waals surface area contributed by atoms with E-state index < -0.39 is 0 Å². The van der Waals surface area contributed by atoms with Crippen molar-refractivity contribution in [1.82, 2.24) is 19.5 Å². The van der Waals surface area contributed by atoms with Gasteiger partial charge in [0.2, 0.25) is 0 Å². The van der Waals surface area contributed by atoms with Gasteiger partial charge in [-0.3, -0.25) is 0 Å². The highest BCUT2D eigenvalue weighted by molar-refractivity contribution is 6.21. The fraction of sp³-hybridized carbons (Fsp3) is 0. The van der Waals surface area contributed by atoms with Crippen LogP contribution in [0.2, 0.25) is 0 Å². The zero-order valence-corrected chi connectivity index (χ0v) is 24.4. The van der Waals surface area contributed by atoms with E-state index in [-0.39, 0.29) is 0 Å². The number of aromatic nitrogens is 4. The van der Waals surface area contributed by atoms with Crippen LogP contribution in [0.1, 0.15) is 5.56 Å². The molecule has 6 heteroatoms. The van der Waals surface area contributed by atoms with Crippen molar-refractivity contribution in [1.29, 1.82) is 5.26 Å². The van der Waals surface area contributed by atoms with Gasteiger partial charge in [-0.2, -0.15) is 5.26 Å². The molecule has 9 aromatic rings. The van der Waals surface area contributed by atoms with Crippen molar-refractivity contribution in [3.8, 4) is 45.9 Å². The Labute approximate surface area is 263 Å². The van der Waals surface area contributed by atoms with E-state index in [0.29, 0.717) is 28.6 Å². The summed E-state index contributed by atoms with van der Waals surface area (Å²) in [6.45, 7) is 0. The minimum Gasteiger partial charge on any atom is -0.454 e. The van der Waals surface area contributed by atoms with Crippen molar-refractivity contribution < 1.29 is 4.42 Å². The number of benzene rings is 6. The van der Waals surface area contributed by atoms with Crippen LogP contribution < -0.4 is 0 Å². The number of furan rings is 1. The van der Waals surface area contributed by atoms with Crippen molar-refractivity contribution in [2.24, 2.45) is 0 Å². The van der Waals surface area contributed by atoms with Crippen LogP contribution in [-0.4, -0.2) is 19.5 Å². The molecule has 0 amide bonds. The number of hydrogen-bond donors (Lipinski definition) is 0. The molecular weight excluding hydrogens is 566 g/mol. The minimum atomic E-state index is 0.475. The predicted molar refractivity (Wildman–Crippen MR) is 182 cm³/mol. The fourth-order valence-electron chi connectivity index (χ4n) is 6.39. The highest BCUT2D eigenvalue weighted by Crippen LogP contribution is 2.42. The molecule has 0 radical (unpaired) electrons. The Morgan fingerprint density at radius 3 is 1.87 bits per heavy atom. The maximum atomic E-state index is 10.0. The first kappa shape index (κ1) is 25.9. The number of para-hydroxylation sites is 2. The Kier molecular flexibility index (Phi) is 5.77. The van der Waals surface area contributed by atoms with Crippen LogP contribution in [0.5, 0.6) is 0 Å². The average Bonchev–Trinajstić information content (AvgIpc) is 3.68. The maximum Gasteiger partial charge on any atom is 0.166 e. The van der Waals surface area contributed by atoms with Crippen LogP contribution in [0.15, 0.2) is 144 Å². The molecule has 0 atom stereocenters. The van der Waals surface area contributed by atoms with Crippen molar-refractivity contribution in [2.45, 2.75) is 0 Å². The molecule has 0 bridgehead atoms. The molecule has 0 aliphatic rings. The lowest BCUT2D eigenvalue weighted by molar-refractivity contribution is 0.671. The Balaban J connectivity index is 1.40. The van der Waals surface area contributed by atoms with Gasteiger partial charge in [-0.05, 0) is 36.4 Å². The summed E-state index contributed by atoms with van der Waals surface area (Å²) in [6.07, 6.45) is 0. The first-order chi connectivity index (χ1) is 22.8. The summed E-state index contributed by atoms with van der Waals surface area (Å²) in [4.78, 5) is 15.0. The summed E-state index contributed by atoms with van der Waals surface area (Å²) in [5.74, 6) is 1.59. The standard InChI is InChI=1S/C40H23N5O/c41-24-25-19-22-34(32(23-25)40-43-38(26-11-3-1-4-12-26)42-39(44-40)27-13-5-2-6-14-27)45-33-17-9-7-15-28(33)30-20-21-31-29-16-8-10-18-35(29)46-37(31)36(30)45/h1-23H. The van der Waals surface area contributed by atoms with Crippen LogP contribution in [0.25, 0.3) is 83.6 Å². The smallest absolute Gasteiger partial charge is 0.166 e. The third-order valence-electron chi connectivity index (χ3n) is 8.49. The quantitative estimate of drug-likeness (QED) is 0.204. The number of nitrogens with zero attached hydrogens (tertiary/aromatic N) is 5. The van der Waals surface area contributed by atoms with Crippen LogP contribution in [-0.2, 0) is 0 Å². The summed E-state index contributed by atoms with van der Waals surface area (Å²) in [5.41, 5.74) is 7.41. The third kappa shape index (κ3) is 4.00. The van der Waals surface area contributed by atoms with Gasteiger partial charge in [0.25, 0.3) is 0 Å². The van der Waals surface area contributed by atoms with Gasteiger partial charge in [0, 0.05) is 38.2 Å². The number of hydrogen-bond acceptors (Lipinski definition) is 5. The van der Waals surface area contributed by atoms with Crippen LogP contribution in [0, 0.1) is 11.3 Å². The van der Waals surface area contributed by atoms with Crippen molar-refractivity contribution in [3.05, 3.63) is 145 Å².